The van der Waals surface area contributed by atoms with Crippen LogP contribution in [0.15, 0.2) is 23.3 Å². The first-order chi connectivity index (χ1) is 13.7. The van der Waals surface area contributed by atoms with Gasteiger partial charge in [-0.25, -0.2) is 4.79 Å². The molecule has 0 aromatic rings. The minimum absolute atomic E-state index is 0.0791. The highest BCUT2D eigenvalue weighted by atomic mass is 16.5. The van der Waals surface area contributed by atoms with E-state index in [4.69, 9.17) is 4.74 Å². The Balaban J connectivity index is 1.51. The van der Waals surface area contributed by atoms with E-state index in [1.807, 2.05) is 0 Å². The Hall–Kier alpha value is -1.66. The van der Waals surface area contributed by atoms with Crippen LogP contribution in [0.5, 0.6) is 0 Å². The highest BCUT2D eigenvalue weighted by molar-refractivity contribution is 5.85. The van der Waals surface area contributed by atoms with Crippen LogP contribution in [0.3, 0.4) is 0 Å². The molecule has 0 unspecified atom stereocenters. The molecule has 6 nitrogen and oxygen atoms in total. The molecule has 5 rings (SSSR count). The summed E-state index contributed by atoms with van der Waals surface area (Å²) in [5.74, 6) is -0.902. The minimum Gasteiger partial charge on any atom is -0.481 e. The molecule has 3 fully saturated rings. The van der Waals surface area contributed by atoms with E-state index in [1.165, 1.54) is 5.57 Å². The molecule has 0 radical (unpaired) electrons. The summed E-state index contributed by atoms with van der Waals surface area (Å²) in [5.41, 5.74) is -0.208. The smallest absolute Gasteiger partial charge is 0.331 e. The lowest BCUT2D eigenvalue weighted by Gasteiger charge is -2.61. The monoisotopic (exact) mass is 402 g/mol. The van der Waals surface area contributed by atoms with Gasteiger partial charge in [-0.2, -0.15) is 0 Å². The lowest BCUT2D eigenvalue weighted by molar-refractivity contribution is -0.222. The number of aliphatic hydroxyl groups excluding tert-OH is 1. The molecule has 158 valence electrons. The van der Waals surface area contributed by atoms with Gasteiger partial charge in [-0.3, -0.25) is 4.79 Å². The van der Waals surface area contributed by atoms with Crippen LogP contribution in [0.1, 0.15) is 58.3 Å². The van der Waals surface area contributed by atoms with Gasteiger partial charge in [-0.05, 0) is 73.7 Å². The number of cyclic esters (lactones) is 1. The molecule has 0 spiro atoms. The fourth-order valence-electron chi connectivity index (χ4n) is 7.82. The minimum atomic E-state index is -1.34. The molecule has 3 N–H and O–H groups in total. The van der Waals surface area contributed by atoms with Crippen molar-refractivity contribution in [2.45, 2.75) is 70.0 Å². The Kier molecular flexibility index (Phi) is 4.11. The molecule has 4 aliphatic carbocycles. The van der Waals surface area contributed by atoms with Crippen LogP contribution >= 0.6 is 0 Å². The molecule has 0 aromatic heterocycles. The number of hydrogen-bond acceptors (Lipinski definition) is 5. The number of carbonyl (C=O) groups is 2. The first-order valence-corrected chi connectivity index (χ1v) is 10.9. The fourth-order valence-corrected chi connectivity index (χ4v) is 7.82. The van der Waals surface area contributed by atoms with E-state index in [0.717, 1.165) is 31.3 Å². The van der Waals surface area contributed by atoms with Crippen LogP contribution in [-0.4, -0.2) is 45.6 Å². The lowest BCUT2D eigenvalue weighted by Crippen LogP contribution is -2.66. The molecule has 1 heterocycles. The van der Waals surface area contributed by atoms with Gasteiger partial charge in [0.2, 0.25) is 0 Å². The molecular formula is C23H30O6. The lowest BCUT2D eigenvalue weighted by atomic mass is 9.43. The van der Waals surface area contributed by atoms with Crippen LogP contribution < -0.4 is 0 Å². The van der Waals surface area contributed by atoms with E-state index in [2.05, 4.69) is 13.0 Å². The maximum absolute atomic E-state index is 12.6. The van der Waals surface area contributed by atoms with Crippen molar-refractivity contribution in [1.82, 2.24) is 0 Å². The van der Waals surface area contributed by atoms with Crippen molar-refractivity contribution in [1.29, 1.82) is 0 Å². The zero-order valence-corrected chi connectivity index (χ0v) is 16.9. The number of rotatable bonds is 2. The zero-order chi connectivity index (χ0) is 20.6. The molecule has 5 aliphatic rings. The zero-order valence-electron chi connectivity index (χ0n) is 16.9. The third-order valence-electron chi connectivity index (χ3n) is 9.15. The number of carbonyl (C=O) groups excluding carboxylic acids is 1. The summed E-state index contributed by atoms with van der Waals surface area (Å²) in [6.07, 6.45) is 7.86. The first kappa shape index (κ1) is 19.3. The number of carboxylic acid groups (broad SMARTS) is 1. The van der Waals surface area contributed by atoms with Crippen molar-refractivity contribution in [3.8, 4) is 0 Å². The van der Waals surface area contributed by atoms with Crippen molar-refractivity contribution in [3.05, 3.63) is 23.3 Å². The van der Waals surface area contributed by atoms with Crippen molar-refractivity contribution in [3.63, 3.8) is 0 Å². The number of esters is 1. The van der Waals surface area contributed by atoms with Crippen molar-refractivity contribution in [2.75, 3.05) is 6.61 Å². The first-order valence-electron chi connectivity index (χ1n) is 10.9. The Morgan fingerprint density at radius 3 is 2.69 bits per heavy atom. The maximum Gasteiger partial charge on any atom is 0.331 e. The molecule has 6 heteroatoms. The predicted octanol–water partition coefficient (Wildman–Crippen LogP) is 2.59. The van der Waals surface area contributed by atoms with Crippen LogP contribution in [0.4, 0.5) is 0 Å². The summed E-state index contributed by atoms with van der Waals surface area (Å²) in [6.45, 7) is 2.63. The van der Waals surface area contributed by atoms with Gasteiger partial charge in [0.25, 0.3) is 0 Å². The van der Waals surface area contributed by atoms with Gasteiger partial charge in [-0.1, -0.05) is 18.6 Å². The number of hydrogen-bond donors (Lipinski definition) is 3. The Morgan fingerprint density at radius 1 is 1.21 bits per heavy atom. The van der Waals surface area contributed by atoms with Crippen molar-refractivity contribution in [2.24, 2.45) is 28.6 Å². The molecule has 1 aliphatic heterocycles. The predicted molar refractivity (Wildman–Crippen MR) is 104 cm³/mol. The average molecular weight is 402 g/mol. The van der Waals surface area contributed by atoms with E-state index in [0.29, 0.717) is 25.9 Å². The Morgan fingerprint density at radius 2 is 2.00 bits per heavy atom. The molecular weight excluding hydrogens is 372 g/mol. The summed E-state index contributed by atoms with van der Waals surface area (Å²) < 4.78 is 5.16. The van der Waals surface area contributed by atoms with E-state index in [9.17, 15) is 24.9 Å². The third-order valence-corrected chi connectivity index (χ3v) is 9.15. The van der Waals surface area contributed by atoms with Gasteiger partial charge in [0.1, 0.15) is 6.61 Å². The van der Waals surface area contributed by atoms with Gasteiger partial charge in [-0.15, -0.1) is 0 Å². The number of carboxylic acids is 1. The Bertz CT molecular complexity index is 829. The normalized spacial score (nSPS) is 48.7. The molecule has 0 aromatic carbocycles. The molecule has 0 saturated heterocycles. The maximum atomic E-state index is 12.6. The van der Waals surface area contributed by atoms with Gasteiger partial charge in [0.05, 0.1) is 17.1 Å². The van der Waals surface area contributed by atoms with Gasteiger partial charge in [0, 0.05) is 12.5 Å². The summed E-state index contributed by atoms with van der Waals surface area (Å²) in [5, 5.41) is 32.0. The highest BCUT2D eigenvalue weighted by Crippen LogP contribution is 2.67. The number of aliphatic hydroxyl groups is 2. The SMILES string of the molecule is C[C@]12CC[C@@H]3[C@H](CC[C@]4(O)C[C@H](O)CC[C@]34C(=O)O)C1=CC[C@H]2C1=CC(=O)OC1. The topological polar surface area (TPSA) is 104 Å². The molecule has 0 amide bonds. The van der Waals surface area contributed by atoms with Crippen molar-refractivity contribution < 1.29 is 29.6 Å². The Labute approximate surface area is 170 Å². The van der Waals surface area contributed by atoms with Crippen LogP contribution in [0.2, 0.25) is 0 Å². The summed E-state index contributed by atoms with van der Waals surface area (Å²) >= 11 is 0. The second-order valence-corrected chi connectivity index (χ2v) is 10.2. The van der Waals surface area contributed by atoms with Crippen LogP contribution in [-0.2, 0) is 14.3 Å². The molecule has 3 saturated carbocycles. The summed E-state index contributed by atoms with van der Waals surface area (Å²) in [4.78, 5) is 24.2. The summed E-state index contributed by atoms with van der Waals surface area (Å²) in [7, 11) is 0. The number of ether oxygens (including phenoxy) is 1. The van der Waals surface area contributed by atoms with E-state index in [1.54, 1.807) is 6.08 Å². The van der Waals surface area contributed by atoms with Crippen molar-refractivity contribution >= 4 is 11.9 Å². The van der Waals surface area contributed by atoms with Crippen LogP contribution in [0.25, 0.3) is 0 Å². The standard InChI is InChI=1S/C23H30O6/c1-21-7-6-18-15(17(21)3-2-16(21)13-10-19(25)29-12-13)5-8-22(28)11-14(24)4-9-23(18,22)20(26)27/h3,10,14-16,18,24,28H,2,4-9,11-12H2,1H3,(H,26,27)/t14-,15-,16+,18-,21-,22+,23-/m1/s1. The second-order valence-electron chi connectivity index (χ2n) is 10.2. The van der Waals surface area contributed by atoms with E-state index >= 15 is 0 Å². The molecule has 7 atom stereocenters. The number of allylic oxidation sites excluding steroid dienone is 2. The third kappa shape index (κ3) is 2.42. The van der Waals surface area contributed by atoms with E-state index in [-0.39, 0.29) is 35.6 Å². The number of fused-ring (bicyclic) bond motifs is 5. The second kappa shape index (κ2) is 6.17. The van der Waals surface area contributed by atoms with E-state index < -0.39 is 23.1 Å². The average Bonchev–Trinajstić information content (AvgIpc) is 3.23. The number of aliphatic carboxylic acids is 1. The fraction of sp³-hybridized carbons (Fsp3) is 0.739. The largest absolute Gasteiger partial charge is 0.481 e. The van der Waals surface area contributed by atoms with Crippen LogP contribution in [0, 0.1) is 28.6 Å². The molecule has 29 heavy (non-hydrogen) atoms. The highest BCUT2D eigenvalue weighted by Gasteiger charge is 2.68. The summed E-state index contributed by atoms with van der Waals surface area (Å²) in [6, 6.07) is 0. The quantitative estimate of drug-likeness (QED) is 0.484. The van der Waals surface area contributed by atoms with Gasteiger partial charge < -0.3 is 20.1 Å². The van der Waals surface area contributed by atoms with Gasteiger partial charge >= 0.3 is 11.9 Å². The molecule has 0 bridgehead atoms. The van der Waals surface area contributed by atoms with Gasteiger partial charge in [0.15, 0.2) is 0 Å².